The number of hydroxylamine groups is 2. The maximum atomic E-state index is 12.4. The fraction of sp³-hybridized carbons (Fsp3) is 0.476. The minimum atomic E-state index is -0.583. The van der Waals surface area contributed by atoms with Crippen molar-refractivity contribution >= 4 is 17.8 Å². The smallest absolute Gasteiger partial charge is 0.354 e. The minimum absolute atomic E-state index is 0.187. The Labute approximate surface area is 165 Å². The van der Waals surface area contributed by atoms with E-state index >= 15 is 0 Å². The fourth-order valence-corrected chi connectivity index (χ4v) is 3.57. The highest BCUT2D eigenvalue weighted by Crippen LogP contribution is 2.34. The van der Waals surface area contributed by atoms with Crippen LogP contribution in [0, 0.1) is 0 Å². The van der Waals surface area contributed by atoms with Gasteiger partial charge in [0.2, 0.25) is 5.91 Å². The number of benzene rings is 1. The van der Waals surface area contributed by atoms with Gasteiger partial charge in [-0.1, -0.05) is 44.2 Å². The Morgan fingerprint density at radius 3 is 2.50 bits per heavy atom. The molecule has 1 aromatic rings. The summed E-state index contributed by atoms with van der Waals surface area (Å²) in [4.78, 5) is 44.0. The fourth-order valence-electron chi connectivity index (χ4n) is 3.57. The molecular weight excluding hydrogens is 358 g/mol. The molecule has 0 radical (unpaired) electrons. The monoisotopic (exact) mass is 385 g/mol. The van der Waals surface area contributed by atoms with Gasteiger partial charge in [-0.05, 0) is 18.4 Å². The zero-order chi connectivity index (χ0) is 20.1. The third kappa shape index (κ3) is 4.42. The average molecular weight is 385 g/mol. The van der Waals surface area contributed by atoms with Gasteiger partial charge < -0.3 is 15.1 Å². The number of hydrogen-bond acceptors (Lipinski definition) is 5. The summed E-state index contributed by atoms with van der Waals surface area (Å²) in [5.41, 5.74) is 1.36. The topological polar surface area (TPSA) is 79.0 Å². The molecule has 1 fully saturated rings. The van der Waals surface area contributed by atoms with E-state index in [9.17, 15) is 14.4 Å². The molecule has 2 unspecified atom stereocenters. The van der Waals surface area contributed by atoms with E-state index < -0.39 is 12.0 Å². The average Bonchev–Trinajstić information content (AvgIpc) is 3.08. The van der Waals surface area contributed by atoms with Crippen molar-refractivity contribution in [3.8, 4) is 0 Å². The number of nitrogens with zero attached hydrogens (tertiary/aromatic N) is 2. The van der Waals surface area contributed by atoms with Gasteiger partial charge in [-0.25, -0.2) is 4.79 Å². The molecule has 0 saturated carbocycles. The normalized spacial score (nSPS) is 20.5. The van der Waals surface area contributed by atoms with E-state index in [0.717, 1.165) is 18.4 Å². The summed E-state index contributed by atoms with van der Waals surface area (Å²) in [6.45, 7) is 5.41. The maximum absolute atomic E-state index is 12.4. The van der Waals surface area contributed by atoms with Crippen LogP contribution in [0.1, 0.15) is 38.7 Å². The number of carbonyl (C=O) groups excluding carboxylic acids is 3. The van der Waals surface area contributed by atoms with E-state index in [1.165, 1.54) is 4.90 Å². The van der Waals surface area contributed by atoms with Crippen molar-refractivity contribution in [3.05, 3.63) is 47.7 Å². The summed E-state index contributed by atoms with van der Waals surface area (Å²) in [6, 6.07) is 8.59. The molecular formula is C21H27N3O4. The van der Waals surface area contributed by atoms with Crippen LogP contribution in [0.4, 0.5) is 0 Å². The first-order chi connectivity index (χ1) is 13.5. The van der Waals surface area contributed by atoms with Gasteiger partial charge in [-0.2, -0.15) is 0 Å². The van der Waals surface area contributed by atoms with E-state index in [2.05, 4.69) is 5.32 Å². The Morgan fingerprint density at radius 1 is 1.18 bits per heavy atom. The lowest BCUT2D eigenvalue weighted by Crippen LogP contribution is -2.67. The van der Waals surface area contributed by atoms with Crippen LogP contribution in [0.2, 0.25) is 0 Å². The van der Waals surface area contributed by atoms with E-state index in [0.29, 0.717) is 25.1 Å². The van der Waals surface area contributed by atoms with Crippen molar-refractivity contribution in [1.82, 2.24) is 15.3 Å². The summed E-state index contributed by atoms with van der Waals surface area (Å²) in [5, 5.41) is 4.47. The van der Waals surface area contributed by atoms with Gasteiger partial charge in [-0.3, -0.25) is 9.59 Å². The summed E-state index contributed by atoms with van der Waals surface area (Å²) in [7, 11) is 0. The zero-order valence-corrected chi connectivity index (χ0v) is 16.4. The lowest BCUT2D eigenvalue weighted by molar-refractivity contribution is -0.185. The molecule has 150 valence electrons. The Hall–Kier alpha value is -2.67. The molecule has 2 atom stereocenters. The molecule has 28 heavy (non-hydrogen) atoms. The predicted octanol–water partition coefficient (Wildman–Crippen LogP) is 1.79. The molecule has 3 rings (SSSR count). The van der Waals surface area contributed by atoms with E-state index in [-0.39, 0.29) is 24.3 Å². The second-order valence-electron chi connectivity index (χ2n) is 7.19. The second-order valence-corrected chi connectivity index (χ2v) is 7.19. The predicted molar refractivity (Wildman–Crippen MR) is 104 cm³/mol. The number of fused-ring (bicyclic) bond motifs is 1. The van der Waals surface area contributed by atoms with Gasteiger partial charge in [0.05, 0.1) is 18.0 Å². The zero-order valence-electron chi connectivity index (χ0n) is 16.4. The number of β-lactam (4-membered cyclic amide) rings is 1. The molecule has 0 bridgehead atoms. The third-order valence-corrected chi connectivity index (χ3v) is 4.93. The van der Waals surface area contributed by atoms with Crippen LogP contribution in [0.5, 0.6) is 0 Å². The number of hydrogen-bond donors (Lipinski definition) is 1. The molecule has 7 nitrogen and oxygen atoms in total. The van der Waals surface area contributed by atoms with Gasteiger partial charge in [0.25, 0.3) is 5.91 Å². The van der Waals surface area contributed by atoms with E-state index in [1.54, 1.807) is 11.3 Å². The summed E-state index contributed by atoms with van der Waals surface area (Å²) in [6.07, 6.45) is 3.95. The van der Waals surface area contributed by atoms with Crippen molar-refractivity contribution in [3.63, 3.8) is 0 Å². The van der Waals surface area contributed by atoms with Crippen molar-refractivity contribution < 1.29 is 19.2 Å². The molecule has 1 saturated heterocycles. The van der Waals surface area contributed by atoms with Crippen LogP contribution in [0.25, 0.3) is 0 Å². The van der Waals surface area contributed by atoms with Gasteiger partial charge in [-0.15, -0.1) is 5.06 Å². The highest BCUT2D eigenvalue weighted by molar-refractivity contribution is 5.98. The van der Waals surface area contributed by atoms with Crippen LogP contribution in [0.15, 0.2) is 42.1 Å². The molecule has 2 aliphatic rings. The highest BCUT2D eigenvalue weighted by Gasteiger charge is 2.51. The molecule has 7 heteroatoms. The lowest BCUT2D eigenvalue weighted by atomic mass is 9.94. The summed E-state index contributed by atoms with van der Waals surface area (Å²) in [5.74, 6) is -0.802. The van der Waals surface area contributed by atoms with E-state index in [4.69, 9.17) is 4.84 Å². The first-order valence-corrected chi connectivity index (χ1v) is 9.86. The largest absolute Gasteiger partial charge is 0.364 e. The maximum Gasteiger partial charge on any atom is 0.354 e. The van der Waals surface area contributed by atoms with Crippen molar-refractivity contribution in [2.24, 2.45) is 0 Å². The van der Waals surface area contributed by atoms with Crippen LogP contribution in [0.3, 0.4) is 0 Å². The van der Waals surface area contributed by atoms with Crippen molar-refractivity contribution in [2.45, 2.75) is 51.6 Å². The van der Waals surface area contributed by atoms with Gasteiger partial charge in [0, 0.05) is 25.7 Å². The number of carbonyl (C=O) groups is 3. The molecule has 2 aliphatic heterocycles. The third-order valence-electron chi connectivity index (χ3n) is 4.93. The molecule has 0 spiro atoms. The van der Waals surface area contributed by atoms with Crippen molar-refractivity contribution in [2.75, 3.05) is 13.1 Å². The number of rotatable bonds is 9. The Balaban J connectivity index is 1.53. The van der Waals surface area contributed by atoms with E-state index in [1.807, 2.05) is 44.2 Å². The Kier molecular flexibility index (Phi) is 6.46. The molecule has 2 heterocycles. The standard InChI is InChI=1S/C21H27N3O4/c1-3-10-23(11-4-2)28-21(27)16-13-17-19(20(26)24(17)14-16)22-18(25)12-15-8-6-5-7-9-15/h5-9,14,17,19H,3-4,10-13H2,1-2H3,(H,22,25). The number of nitrogens with one attached hydrogen (secondary N) is 1. The molecule has 1 N–H and O–H groups in total. The quantitative estimate of drug-likeness (QED) is 0.518. The second kappa shape index (κ2) is 9.01. The van der Waals surface area contributed by atoms with Crippen LogP contribution >= 0.6 is 0 Å². The summed E-state index contributed by atoms with van der Waals surface area (Å²) >= 11 is 0. The van der Waals surface area contributed by atoms with Gasteiger partial charge >= 0.3 is 5.97 Å². The van der Waals surface area contributed by atoms with Crippen LogP contribution < -0.4 is 5.32 Å². The first kappa shape index (κ1) is 20.1. The first-order valence-electron chi connectivity index (χ1n) is 9.86. The van der Waals surface area contributed by atoms with Crippen LogP contribution in [-0.4, -0.2) is 52.9 Å². The van der Waals surface area contributed by atoms with Crippen LogP contribution in [-0.2, 0) is 25.6 Å². The molecule has 2 amide bonds. The Morgan fingerprint density at radius 2 is 1.86 bits per heavy atom. The Bertz CT molecular complexity index is 756. The molecule has 1 aromatic carbocycles. The lowest BCUT2D eigenvalue weighted by Gasteiger charge is -2.41. The minimum Gasteiger partial charge on any atom is -0.364 e. The summed E-state index contributed by atoms with van der Waals surface area (Å²) < 4.78 is 0. The van der Waals surface area contributed by atoms with Crippen molar-refractivity contribution in [1.29, 1.82) is 0 Å². The number of amides is 2. The molecule has 0 aliphatic carbocycles. The van der Waals surface area contributed by atoms with Gasteiger partial charge in [0.1, 0.15) is 6.04 Å². The molecule has 0 aromatic heterocycles. The van der Waals surface area contributed by atoms with Gasteiger partial charge in [0.15, 0.2) is 0 Å². The SMILES string of the molecule is CCCN(CCC)OC(=O)C1=CN2C(=O)C(NC(=O)Cc3ccccc3)C2C1. The highest BCUT2D eigenvalue weighted by atomic mass is 16.7.